The molecular weight excluding hydrogens is 540 g/mol. The number of imidazole rings is 1. The Bertz CT molecular complexity index is 1560. The van der Waals surface area contributed by atoms with E-state index in [1.807, 2.05) is 74.6 Å². The van der Waals surface area contributed by atoms with Gasteiger partial charge in [0.15, 0.2) is 12.2 Å². The highest BCUT2D eigenvalue weighted by molar-refractivity contribution is 7.09. The van der Waals surface area contributed by atoms with Crippen LogP contribution in [-0.2, 0) is 22.7 Å². The minimum atomic E-state index is -1.89. The van der Waals surface area contributed by atoms with Crippen LogP contribution in [0.4, 0.5) is 5.69 Å². The summed E-state index contributed by atoms with van der Waals surface area (Å²) in [6.07, 6.45) is -2.23. The molecule has 0 saturated carbocycles. The van der Waals surface area contributed by atoms with Crippen molar-refractivity contribution in [2.24, 2.45) is 0 Å². The molecule has 3 heterocycles. The van der Waals surface area contributed by atoms with Crippen molar-refractivity contribution in [1.82, 2.24) is 24.8 Å². The number of carbonyl (C=O) groups is 2. The smallest absolute Gasteiger partial charge is 0.255 e. The fourth-order valence-electron chi connectivity index (χ4n) is 5.32. The topological polar surface area (TPSA) is 124 Å². The standard InChI is InChI=1S/C30H36N6O4S/c1-18-10-11-23-25(13-18)36(19(2)32-23)16-21-17-41-26(33-21)15-31-29(39)27(37)28(38)30(40)35-12-6-9-24(35)20-7-5-8-22(14-20)34(3)4/h5,7-8,10-11,13-14,17,24,27-28,37-38H,6,9,12,15-16H2,1-4H3,(H,31,39)/t24?,27-,28-/m1/s1. The molecule has 11 heteroatoms. The van der Waals surface area contributed by atoms with Gasteiger partial charge in [0.2, 0.25) is 0 Å². The summed E-state index contributed by atoms with van der Waals surface area (Å²) < 4.78 is 2.11. The van der Waals surface area contributed by atoms with E-state index in [2.05, 4.69) is 25.9 Å². The van der Waals surface area contributed by atoms with Gasteiger partial charge in [0.05, 0.1) is 35.9 Å². The fraction of sp³-hybridized carbons (Fsp3) is 0.400. The number of fused-ring (bicyclic) bond motifs is 1. The molecule has 1 fully saturated rings. The Balaban J connectivity index is 1.18. The van der Waals surface area contributed by atoms with Gasteiger partial charge in [0.1, 0.15) is 10.8 Å². The van der Waals surface area contributed by atoms with Crippen molar-refractivity contribution in [1.29, 1.82) is 0 Å². The zero-order valence-electron chi connectivity index (χ0n) is 23.7. The molecule has 5 rings (SSSR count). The molecule has 41 heavy (non-hydrogen) atoms. The van der Waals surface area contributed by atoms with Crippen LogP contribution in [0.5, 0.6) is 0 Å². The number of thiazole rings is 1. The van der Waals surface area contributed by atoms with E-state index < -0.39 is 24.0 Å². The highest BCUT2D eigenvalue weighted by Gasteiger charge is 2.38. The molecule has 0 spiro atoms. The first-order chi connectivity index (χ1) is 19.6. The number of likely N-dealkylation sites (tertiary alicyclic amines) is 1. The van der Waals surface area contributed by atoms with Crippen LogP contribution in [0.2, 0.25) is 0 Å². The Morgan fingerprint density at radius 3 is 2.71 bits per heavy atom. The summed E-state index contributed by atoms with van der Waals surface area (Å²) in [5.74, 6) is -0.583. The predicted molar refractivity (Wildman–Crippen MR) is 159 cm³/mol. The van der Waals surface area contributed by atoms with E-state index in [0.717, 1.165) is 52.2 Å². The quantitative estimate of drug-likeness (QED) is 0.280. The Hall–Kier alpha value is -3.80. The van der Waals surface area contributed by atoms with Crippen LogP contribution in [0, 0.1) is 13.8 Å². The second kappa shape index (κ2) is 12.0. The minimum Gasteiger partial charge on any atom is -0.380 e. The summed E-state index contributed by atoms with van der Waals surface area (Å²) in [4.78, 5) is 38.7. The van der Waals surface area contributed by atoms with E-state index in [-0.39, 0.29) is 12.6 Å². The molecule has 0 aliphatic carbocycles. The first-order valence-corrected chi connectivity index (χ1v) is 14.6. The maximum atomic E-state index is 13.2. The van der Waals surface area contributed by atoms with Gasteiger partial charge in [-0.1, -0.05) is 18.2 Å². The van der Waals surface area contributed by atoms with E-state index >= 15 is 0 Å². The summed E-state index contributed by atoms with van der Waals surface area (Å²) in [5, 5.41) is 26.4. The van der Waals surface area contributed by atoms with Crippen molar-refractivity contribution < 1.29 is 19.8 Å². The minimum absolute atomic E-state index is 0.0773. The molecule has 1 aliphatic rings. The zero-order chi connectivity index (χ0) is 29.3. The highest BCUT2D eigenvalue weighted by atomic mass is 32.1. The van der Waals surface area contributed by atoms with Gasteiger partial charge in [-0.05, 0) is 62.1 Å². The van der Waals surface area contributed by atoms with Gasteiger partial charge < -0.3 is 29.9 Å². The summed E-state index contributed by atoms with van der Waals surface area (Å²) in [7, 11) is 3.90. The summed E-state index contributed by atoms with van der Waals surface area (Å²) in [6, 6.07) is 13.8. The average molecular weight is 577 g/mol. The molecule has 3 atom stereocenters. The number of aryl methyl sites for hydroxylation is 2. The van der Waals surface area contributed by atoms with E-state index in [4.69, 9.17) is 0 Å². The van der Waals surface area contributed by atoms with Crippen LogP contribution in [0.1, 0.15) is 46.5 Å². The fourth-order valence-corrected chi connectivity index (χ4v) is 6.05. The Labute approximate surface area is 243 Å². The van der Waals surface area contributed by atoms with E-state index in [1.54, 1.807) is 4.90 Å². The molecule has 1 aliphatic heterocycles. The number of amides is 2. The second-order valence-electron chi connectivity index (χ2n) is 10.8. The molecule has 2 amide bonds. The van der Waals surface area contributed by atoms with Crippen molar-refractivity contribution >= 4 is 39.9 Å². The molecular formula is C30H36N6O4S. The van der Waals surface area contributed by atoms with Crippen LogP contribution < -0.4 is 10.2 Å². The van der Waals surface area contributed by atoms with Crippen LogP contribution in [-0.4, -0.2) is 74.3 Å². The van der Waals surface area contributed by atoms with Gasteiger partial charge in [0.25, 0.3) is 11.8 Å². The van der Waals surface area contributed by atoms with Gasteiger partial charge in [-0.3, -0.25) is 9.59 Å². The predicted octanol–water partition coefficient (Wildman–Crippen LogP) is 2.93. The summed E-state index contributed by atoms with van der Waals surface area (Å²) in [6.45, 7) is 5.08. The molecule has 2 aromatic carbocycles. The summed E-state index contributed by atoms with van der Waals surface area (Å²) >= 11 is 1.39. The lowest BCUT2D eigenvalue weighted by molar-refractivity contribution is -0.153. The van der Waals surface area contributed by atoms with Gasteiger partial charge >= 0.3 is 0 Å². The van der Waals surface area contributed by atoms with Crippen molar-refractivity contribution in [3.63, 3.8) is 0 Å². The number of carbonyl (C=O) groups excluding carboxylic acids is 2. The largest absolute Gasteiger partial charge is 0.380 e. The second-order valence-corrected chi connectivity index (χ2v) is 11.7. The molecule has 4 aromatic rings. The van der Waals surface area contributed by atoms with E-state index in [0.29, 0.717) is 18.1 Å². The van der Waals surface area contributed by atoms with E-state index in [1.165, 1.54) is 11.3 Å². The SMILES string of the molecule is Cc1ccc2nc(C)n(Cc3csc(CNC(=O)[C@H](O)[C@@H](O)C(=O)N4CCCC4c4cccc(N(C)C)c4)n3)c2c1. The highest BCUT2D eigenvalue weighted by Crippen LogP contribution is 2.34. The number of hydrogen-bond acceptors (Lipinski definition) is 8. The number of nitrogens with one attached hydrogen (secondary N) is 1. The van der Waals surface area contributed by atoms with Crippen LogP contribution >= 0.6 is 11.3 Å². The van der Waals surface area contributed by atoms with Crippen molar-refractivity contribution in [3.8, 4) is 0 Å². The maximum Gasteiger partial charge on any atom is 0.255 e. The number of rotatable bonds is 9. The first-order valence-electron chi connectivity index (χ1n) is 13.7. The maximum absolute atomic E-state index is 13.2. The molecule has 1 saturated heterocycles. The van der Waals surface area contributed by atoms with Crippen molar-refractivity contribution in [2.45, 2.75) is 58.0 Å². The lowest BCUT2D eigenvalue weighted by Gasteiger charge is -2.29. The number of aliphatic hydroxyl groups excluding tert-OH is 2. The molecule has 1 unspecified atom stereocenters. The Kier molecular flexibility index (Phi) is 8.39. The number of nitrogens with zero attached hydrogens (tertiary/aromatic N) is 5. The normalized spacial score (nSPS) is 16.6. The van der Waals surface area contributed by atoms with Crippen molar-refractivity contribution in [2.75, 3.05) is 25.5 Å². The van der Waals surface area contributed by atoms with Crippen molar-refractivity contribution in [3.05, 3.63) is 75.5 Å². The lowest BCUT2D eigenvalue weighted by atomic mass is 10.0. The number of benzene rings is 2. The average Bonchev–Trinajstić information content (AvgIpc) is 3.70. The Morgan fingerprint density at radius 1 is 1.12 bits per heavy atom. The Morgan fingerprint density at radius 2 is 1.93 bits per heavy atom. The number of hydrogen-bond donors (Lipinski definition) is 3. The molecule has 0 radical (unpaired) electrons. The monoisotopic (exact) mass is 576 g/mol. The van der Waals surface area contributed by atoms with Crippen LogP contribution in [0.3, 0.4) is 0 Å². The third-order valence-corrected chi connectivity index (χ3v) is 8.45. The number of aromatic nitrogens is 3. The third kappa shape index (κ3) is 6.12. The molecule has 0 bridgehead atoms. The van der Waals surface area contributed by atoms with Gasteiger partial charge in [-0.2, -0.15) is 0 Å². The molecule has 3 N–H and O–H groups in total. The van der Waals surface area contributed by atoms with Crippen LogP contribution in [0.15, 0.2) is 47.8 Å². The molecule has 2 aromatic heterocycles. The molecule has 10 nitrogen and oxygen atoms in total. The lowest BCUT2D eigenvalue weighted by Crippen LogP contribution is -2.50. The zero-order valence-corrected chi connectivity index (χ0v) is 24.6. The third-order valence-electron chi connectivity index (χ3n) is 7.56. The van der Waals surface area contributed by atoms with Gasteiger partial charge in [0, 0.05) is 31.7 Å². The van der Waals surface area contributed by atoms with E-state index in [9.17, 15) is 19.8 Å². The molecule has 216 valence electrons. The summed E-state index contributed by atoms with van der Waals surface area (Å²) in [5.41, 5.74) is 5.92. The van der Waals surface area contributed by atoms with Gasteiger partial charge in [-0.25, -0.2) is 9.97 Å². The number of anilines is 1. The van der Waals surface area contributed by atoms with Gasteiger partial charge in [-0.15, -0.1) is 11.3 Å². The van der Waals surface area contributed by atoms with Crippen LogP contribution in [0.25, 0.3) is 11.0 Å². The first kappa shape index (κ1) is 28.7. The number of aliphatic hydroxyl groups is 2.